The third-order valence-electron chi connectivity index (χ3n) is 6.08. The number of halogens is 3. The number of aromatic nitrogens is 4. The van der Waals surface area contributed by atoms with Crippen LogP contribution in [0.2, 0.25) is 0 Å². The van der Waals surface area contributed by atoms with Crippen molar-refractivity contribution >= 4 is 23.1 Å². The molecule has 1 aliphatic heterocycles. The van der Waals surface area contributed by atoms with E-state index in [0.717, 1.165) is 36.3 Å². The summed E-state index contributed by atoms with van der Waals surface area (Å²) in [5.41, 5.74) is 1.59. The molecule has 2 aromatic heterocycles. The minimum absolute atomic E-state index is 0.123. The van der Waals surface area contributed by atoms with Crippen LogP contribution in [0, 0.1) is 0 Å². The second-order valence-electron chi connectivity index (χ2n) is 9.20. The highest BCUT2D eigenvalue weighted by Gasteiger charge is 2.38. The number of allylic oxidation sites excluding steroid dienone is 2. The zero-order chi connectivity index (χ0) is 28.9. The summed E-state index contributed by atoms with van der Waals surface area (Å²) in [5.74, 6) is -2.07. The number of imidazole rings is 1. The lowest BCUT2D eigenvalue weighted by Crippen LogP contribution is -2.44. The molecule has 1 fully saturated rings. The summed E-state index contributed by atoms with van der Waals surface area (Å²) in [6, 6.07) is 9.04. The summed E-state index contributed by atoms with van der Waals surface area (Å²) in [4.78, 5) is 42.4. The van der Waals surface area contributed by atoms with Crippen LogP contribution in [0.5, 0.6) is 0 Å². The SMILES string of the molecule is CC(C)=CCn1c(N2CCNCC2)nc2c1c(=O)n(CC(O)c1ccccc1)c(=O)n2C.O=C(O)C(F)(F)F. The molecule has 3 aromatic rings. The molecule has 1 aliphatic rings. The summed E-state index contributed by atoms with van der Waals surface area (Å²) in [7, 11) is 1.62. The average molecular weight is 553 g/mol. The van der Waals surface area contributed by atoms with Gasteiger partial charge in [0.15, 0.2) is 11.2 Å². The number of carboxylic acid groups (broad SMARTS) is 1. The van der Waals surface area contributed by atoms with Gasteiger partial charge in [0.25, 0.3) is 5.56 Å². The third kappa shape index (κ3) is 6.95. The molecule has 212 valence electrons. The number of nitrogens with one attached hydrogen (secondary N) is 1. The topological polar surface area (TPSA) is 135 Å². The zero-order valence-electron chi connectivity index (χ0n) is 21.8. The minimum Gasteiger partial charge on any atom is -0.475 e. The van der Waals surface area contributed by atoms with E-state index in [2.05, 4.69) is 10.2 Å². The number of aliphatic carboxylic acids is 1. The van der Waals surface area contributed by atoms with E-state index in [9.17, 15) is 27.9 Å². The molecule has 1 unspecified atom stereocenters. The molecular weight excluding hydrogens is 521 g/mol. The molecule has 1 saturated heterocycles. The van der Waals surface area contributed by atoms with Crippen molar-refractivity contribution in [1.29, 1.82) is 0 Å². The molecule has 0 spiro atoms. The number of nitrogens with zero attached hydrogens (tertiary/aromatic N) is 5. The molecule has 1 atom stereocenters. The number of hydrogen-bond acceptors (Lipinski definition) is 7. The lowest BCUT2D eigenvalue weighted by molar-refractivity contribution is -0.192. The number of carbonyl (C=O) groups is 1. The molecule has 11 nitrogen and oxygen atoms in total. The van der Waals surface area contributed by atoms with Crippen LogP contribution >= 0.6 is 0 Å². The van der Waals surface area contributed by atoms with Crippen LogP contribution < -0.4 is 21.5 Å². The summed E-state index contributed by atoms with van der Waals surface area (Å²) in [6.45, 7) is 7.58. The maximum atomic E-state index is 13.6. The Morgan fingerprint density at radius 2 is 1.72 bits per heavy atom. The van der Waals surface area contributed by atoms with Gasteiger partial charge in [0.2, 0.25) is 5.95 Å². The molecule has 3 N–H and O–H groups in total. The Kier molecular flexibility index (Phi) is 9.35. The van der Waals surface area contributed by atoms with Crippen LogP contribution in [0.1, 0.15) is 25.5 Å². The Bertz CT molecular complexity index is 1450. The Morgan fingerprint density at radius 3 is 2.26 bits per heavy atom. The first-order valence-corrected chi connectivity index (χ1v) is 12.1. The van der Waals surface area contributed by atoms with Crippen molar-refractivity contribution in [3.8, 4) is 0 Å². The first-order chi connectivity index (χ1) is 18.3. The van der Waals surface area contributed by atoms with Gasteiger partial charge in [-0.25, -0.2) is 9.59 Å². The largest absolute Gasteiger partial charge is 0.490 e. The van der Waals surface area contributed by atoms with E-state index in [4.69, 9.17) is 14.9 Å². The second-order valence-corrected chi connectivity index (χ2v) is 9.20. The molecule has 39 heavy (non-hydrogen) atoms. The Hall–Kier alpha value is -3.91. The molecular formula is C25H31F3N6O5. The van der Waals surface area contributed by atoms with Crippen molar-refractivity contribution in [2.24, 2.45) is 7.05 Å². The predicted octanol–water partition coefficient (Wildman–Crippen LogP) is 1.64. The smallest absolute Gasteiger partial charge is 0.475 e. The van der Waals surface area contributed by atoms with Gasteiger partial charge < -0.3 is 25.0 Å². The molecule has 0 aliphatic carbocycles. The number of piperazine rings is 1. The van der Waals surface area contributed by atoms with Gasteiger partial charge in [0, 0.05) is 39.8 Å². The monoisotopic (exact) mass is 552 g/mol. The number of aryl methyl sites for hydroxylation is 1. The van der Waals surface area contributed by atoms with E-state index in [1.54, 1.807) is 19.2 Å². The van der Waals surface area contributed by atoms with E-state index >= 15 is 0 Å². The van der Waals surface area contributed by atoms with Gasteiger partial charge in [-0.05, 0) is 19.4 Å². The Balaban J connectivity index is 0.000000532. The van der Waals surface area contributed by atoms with Gasteiger partial charge in [-0.15, -0.1) is 0 Å². The van der Waals surface area contributed by atoms with Crippen molar-refractivity contribution in [3.05, 3.63) is 68.4 Å². The fraction of sp³-hybridized carbons (Fsp3) is 0.440. The van der Waals surface area contributed by atoms with Gasteiger partial charge in [0.05, 0.1) is 12.6 Å². The highest BCUT2D eigenvalue weighted by Crippen LogP contribution is 2.21. The van der Waals surface area contributed by atoms with Gasteiger partial charge >= 0.3 is 17.8 Å². The summed E-state index contributed by atoms with van der Waals surface area (Å²) < 4.78 is 36.1. The first kappa shape index (κ1) is 29.6. The van der Waals surface area contributed by atoms with E-state index in [1.165, 1.54) is 4.57 Å². The zero-order valence-corrected chi connectivity index (χ0v) is 21.8. The number of fused-ring (bicyclic) bond motifs is 1. The fourth-order valence-corrected chi connectivity index (χ4v) is 4.03. The van der Waals surface area contributed by atoms with Crippen LogP contribution in [0.15, 0.2) is 51.6 Å². The molecule has 0 radical (unpaired) electrons. The van der Waals surface area contributed by atoms with Crippen LogP contribution in [0.25, 0.3) is 11.2 Å². The van der Waals surface area contributed by atoms with Crippen LogP contribution in [0.4, 0.5) is 19.1 Å². The lowest BCUT2D eigenvalue weighted by atomic mass is 10.1. The van der Waals surface area contributed by atoms with Crippen LogP contribution in [0.3, 0.4) is 0 Å². The number of hydrogen-bond donors (Lipinski definition) is 3. The highest BCUT2D eigenvalue weighted by atomic mass is 19.4. The van der Waals surface area contributed by atoms with Crippen molar-refractivity contribution in [2.45, 2.75) is 39.2 Å². The first-order valence-electron chi connectivity index (χ1n) is 12.1. The predicted molar refractivity (Wildman–Crippen MR) is 139 cm³/mol. The van der Waals surface area contributed by atoms with Crippen molar-refractivity contribution < 1.29 is 28.2 Å². The molecule has 1 aromatic carbocycles. The molecule has 0 bridgehead atoms. The average Bonchev–Trinajstić information content (AvgIpc) is 3.29. The van der Waals surface area contributed by atoms with E-state index in [0.29, 0.717) is 29.2 Å². The summed E-state index contributed by atoms with van der Waals surface area (Å²) in [6.07, 6.45) is -4.01. The van der Waals surface area contributed by atoms with Crippen molar-refractivity contribution in [1.82, 2.24) is 24.0 Å². The van der Waals surface area contributed by atoms with Crippen molar-refractivity contribution in [2.75, 3.05) is 31.1 Å². The highest BCUT2D eigenvalue weighted by molar-refractivity contribution is 5.75. The van der Waals surface area contributed by atoms with E-state index < -0.39 is 29.5 Å². The molecule has 4 rings (SSSR count). The molecule has 14 heteroatoms. The third-order valence-corrected chi connectivity index (χ3v) is 6.08. The lowest BCUT2D eigenvalue weighted by Gasteiger charge is -2.28. The van der Waals surface area contributed by atoms with Gasteiger partial charge in [-0.2, -0.15) is 18.2 Å². The Labute approximate surface area is 221 Å². The molecule has 3 heterocycles. The fourth-order valence-electron chi connectivity index (χ4n) is 4.03. The van der Waals surface area contributed by atoms with E-state index in [1.807, 2.05) is 42.7 Å². The normalized spacial score (nSPS) is 14.5. The maximum absolute atomic E-state index is 13.6. The number of aliphatic hydroxyl groups excluding tert-OH is 1. The Morgan fingerprint density at radius 1 is 1.13 bits per heavy atom. The minimum atomic E-state index is -5.08. The number of anilines is 1. The number of carboxylic acids is 1. The summed E-state index contributed by atoms with van der Waals surface area (Å²) >= 11 is 0. The van der Waals surface area contributed by atoms with E-state index in [-0.39, 0.29) is 6.54 Å². The van der Waals surface area contributed by atoms with Gasteiger partial charge in [0.1, 0.15) is 0 Å². The number of alkyl halides is 3. The maximum Gasteiger partial charge on any atom is 0.490 e. The second kappa shape index (κ2) is 12.3. The van der Waals surface area contributed by atoms with Crippen molar-refractivity contribution in [3.63, 3.8) is 0 Å². The summed E-state index contributed by atoms with van der Waals surface area (Å²) in [5, 5.41) is 21.1. The molecule has 0 saturated carbocycles. The van der Waals surface area contributed by atoms with Crippen LogP contribution in [-0.2, 0) is 24.9 Å². The standard InChI is InChI=1S/C23H30N6O3.C2HF3O2/c1-16(2)9-12-28-19-20(25-22(28)27-13-10-24-11-14-27)26(3)23(32)29(21(19)31)15-18(30)17-7-5-4-6-8-17;3-2(4,5)1(6)7/h4-9,18,24,30H,10-15H2,1-3H3;(H,6,7). The number of aliphatic hydroxyl groups is 1. The number of benzene rings is 1. The number of rotatable bonds is 6. The van der Waals surface area contributed by atoms with Crippen LogP contribution in [-0.4, -0.2) is 67.2 Å². The van der Waals surface area contributed by atoms with Gasteiger partial charge in [-0.3, -0.25) is 13.9 Å². The quantitative estimate of drug-likeness (QED) is 0.393. The van der Waals surface area contributed by atoms with Gasteiger partial charge in [-0.1, -0.05) is 42.0 Å². The molecule has 0 amide bonds.